The first kappa shape index (κ1) is 11.1. The van der Waals surface area contributed by atoms with Gasteiger partial charge in [0.05, 0.1) is 6.61 Å². The van der Waals surface area contributed by atoms with Crippen LogP contribution in [0.3, 0.4) is 0 Å². The standard InChI is InChI=1S/C13H17NO2/c1-10(12-7-8-16-9-12)14-13(15)11-5-3-2-4-6-11/h2-6,10,12H,7-9H2,1H3,(H,14,15). The van der Waals surface area contributed by atoms with Gasteiger partial charge in [0.2, 0.25) is 0 Å². The molecule has 1 aromatic carbocycles. The number of rotatable bonds is 3. The Hall–Kier alpha value is -1.35. The molecule has 1 heterocycles. The van der Waals surface area contributed by atoms with Crippen LogP contribution in [0, 0.1) is 5.92 Å². The van der Waals surface area contributed by atoms with Gasteiger partial charge in [-0.1, -0.05) is 18.2 Å². The molecule has 2 rings (SSSR count). The second kappa shape index (κ2) is 5.12. The van der Waals surface area contributed by atoms with E-state index in [0.717, 1.165) is 19.6 Å². The molecule has 3 nitrogen and oxygen atoms in total. The van der Waals surface area contributed by atoms with Crippen LogP contribution in [-0.2, 0) is 4.74 Å². The molecule has 1 amide bonds. The first-order valence-corrected chi connectivity index (χ1v) is 5.71. The molecule has 1 N–H and O–H groups in total. The first-order chi connectivity index (χ1) is 7.77. The monoisotopic (exact) mass is 219 g/mol. The van der Waals surface area contributed by atoms with E-state index in [9.17, 15) is 4.79 Å². The van der Waals surface area contributed by atoms with Crippen molar-refractivity contribution in [3.05, 3.63) is 35.9 Å². The Morgan fingerprint density at radius 3 is 2.81 bits per heavy atom. The third kappa shape index (κ3) is 2.61. The van der Waals surface area contributed by atoms with Gasteiger partial charge in [-0.3, -0.25) is 4.79 Å². The van der Waals surface area contributed by atoms with Crippen LogP contribution in [0.1, 0.15) is 23.7 Å². The van der Waals surface area contributed by atoms with Gasteiger partial charge < -0.3 is 10.1 Å². The van der Waals surface area contributed by atoms with Crippen molar-refractivity contribution >= 4 is 5.91 Å². The Balaban J connectivity index is 1.92. The van der Waals surface area contributed by atoms with Crippen molar-refractivity contribution in [3.63, 3.8) is 0 Å². The maximum Gasteiger partial charge on any atom is 0.251 e. The highest BCUT2D eigenvalue weighted by Gasteiger charge is 2.23. The summed E-state index contributed by atoms with van der Waals surface area (Å²) in [4.78, 5) is 11.9. The van der Waals surface area contributed by atoms with E-state index in [0.29, 0.717) is 11.5 Å². The minimum Gasteiger partial charge on any atom is -0.381 e. The molecular formula is C13H17NO2. The smallest absolute Gasteiger partial charge is 0.251 e. The van der Waals surface area contributed by atoms with Crippen molar-refractivity contribution in [3.8, 4) is 0 Å². The van der Waals surface area contributed by atoms with E-state index in [1.54, 1.807) is 0 Å². The molecule has 1 aliphatic rings. The maximum atomic E-state index is 11.9. The van der Waals surface area contributed by atoms with Gasteiger partial charge in [0, 0.05) is 24.1 Å². The number of nitrogens with one attached hydrogen (secondary N) is 1. The highest BCUT2D eigenvalue weighted by molar-refractivity contribution is 5.94. The zero-order chi connectivity index (χ0) is 11.4. The quantitative estimate of drug-likeness (QED) is 0.842. The number of carbonyl (C=O) groups is 1. The highest BCUT2D eigenvalue weighted by atomic mass is 16.5. The molecule has 0 aromatic heterocycles. The number of hydrogen-bond acceptors (Lipinski definition) is 2. The molecule has 0 aliphatic carbocycles. The third-order valence-corrected chi connectivity index (χ3v) is 3.07. The Morgan fingerprint density at radius 1 is 1.44 bits per heavy atom. The van der Waals surface area contributed by atoms with Gasteiger partial charge in [-0.2, -0.15) is 0 Å². The van der Waals surface area contributed by atoms with E-state index >= 15 is 0 Å². The van der Waals surface area contributed by atoms with Crippen LogP contribution in [0.15, 0.2) is 30.3 Å². The molecule has 2 unspecified atom stereocenters. The van der Waals surface area contributed by atoms with Crippen molar-refractivity contribution < 1.29 is 9.53 Å². The van der Waals surface area contributed by atoms with Gasteiger partial charge in [0.1, 0.15) is 0 Å². The molecule has 16 heavy (non-hydrogen) atoms. The number of carbonyl (C=O) groups excluding carboxylic acids is 1. The minimum atomic E-state index is 0.000000000000000222. The van der Waals surface area contributed by atoms with E-state index in [1.807, 2.05) is 37.3 Å². The molecule has 1 fully saturated rings. The summed E-state index contributed by atoms with van der Waals surface area (Å²) in [7, 11) is 0. The normalized spacial score (nSPS) is 21.7. The number of benzene rings is 1. The molecule has 1 aliphatic heterocycles. The lowest BCUT2D eigenvalue weighted by Gasteiger charge is -2.19. The molecule has 0 spiro atoms. The summed E-state index contributed by atoms with van der Waals surface area (Å²) in [6.45, 7) is 3.62. The molecule has 2 atom stereocenters. The van der Waals surface area contributed by atoms with Crippen LogP contribution in [-0.4, -0.2) is 25.2 Å². The molecule has 3 heteroatoms. The summed E-state index contributed by atoms with van der Waals surface area (Å²) in [6, 6.07) is 9.48. The van der Waals surface area contributed by atoms with Crippen LogP contribution >= 0.6 is 0 Å². The molecule has 0 radical (unpaired) electrons. The zero-order valence-electron chi connectivity index (χ0n) is 9.48. The second-order valence-electron chi connectivity index (χ2n) is 4.25. The molecule has 1 aromatic rings. The van der Waals surface area contributed by atoms with Crippen LogP contribution in [0.25, 0.3) is 0 Å². The van der Waals surface area contributed by atoms with Crippen LogP contribution in [0.5, 0.6) is 0 Å². The van der Waals surface area contributed by atoms with E-state index in [4.69, 9.17) is 4.74 Å². The Kier molecular flexibility index (Phi) is 3.57. The first-order valence-electron chi connectivity index (χ1n) is 5.71. The highest BCUT2D eigenvalue weighted by Crippen LogP contribution is 2.16. The van der Waals surface area contributed by atoms with Crippen LogP contribution < -0.4 is 5.32 Å². The Bertz CT molecular complexity index is 344. The second-order valence-corrected chi connectivity index (χ2v) is 4.25. The van der Waals surface area contributed by atoms with E-state index in [1.165, 1.54) is 0 Å². The van der Waals surface area contributed by atoms with Crippen LogP contribution in [0.4, 0.5) is 0 Å². The number of amides is 1. The average Bonchev–Trinajstić information content (AvgIpc) is 2.83. The fourth-order valence-electron chi connectivity index (χ4n) is 1.94. The van der Waals surface area contributed by atoms with Gasteiger partial charge in [-0.05, 0) is 25.5 Å². The lowest BCUT2D eigenvalue weighted by molar-refractivity contribution is 0.0922. The van der Waals surface area contributed by atoms with Crippen molar-refractivity contribution in [1.29, 1.82) is 0 Å². The molecule has 0 saturated carbocycles. The lowest BCUT2D eigenvalue weighted by Crippen LogP contribution is -2.38. The van der Waals surface area contributed by atoms with Crippen molar-refractivity contribution in [2.24, 2.45) is 5.92 Å². The fourth-order valence-corrected chi connectivity index (χ4v) is 1.94. The third-order valence-electron chi connectivity index (χ3n) is 3.07. The topological polar surface area (TPSA) is 38.3 Å². The summed E-state index contributed by atoms with van der Waals surface area (Å²) < 4.78 is 5.31. The minimum absolute atomic E-state index is 0.000000000000000222. The molecular weight excluding hydrogens is 202 g/mol. The van der Waals surface area contributed by atoms with Gasteiger partial charge >= 0.3 is 0 Å². The number of ether oxygens (including phenoxy) is 1. The summed E-state index contributed by atoms with van der Waals surface area (Å²) in [5.74, 6) is 0.452. The summed E-state index contributed by atoms with van der Waals surface area (Å²) in [5, 5.41) is 3.02. The largest absolute Gasteiger partial charge is 0.381 e. The van der Waals surface area contributed by atoms with Gasteiger partial charge in [0.25, 0.3) is 5.91 Å². The lowest BCUT2D eigenvalue weighted by atomic mass is 10.0. The van der Waals surface area contributed by atoms with E-state index < -0.39 is 0 Å². The zero-order valence-corrected chi connectivity index (χ0v) is 9.48. The van der Waals surface area contributed by atoms with Gasteiger partial charge in [0.15, 0.2) is 0 Å². The van der Waals surface area contributed by atoms with Crippen molar-refractivity contribution in [1.82, 2.24) is 5.32 Å². The predicted molar refractivity (Wildman–Crippen MR) is 62.3 cm³/mol. The number of hydrogen-bond donors (Lipinski definition) is 1. The SMILES string of the molecule is CC(NC(=O)c1ccccc1)C1CCOC1. The van der Waals surface area contributed by atoms with Gasteiger partial charge in [-0.25, -0.2) is 0 Å². The average molecular weight is 219 g/mol. The van der Waals surface area contributed by atoms with Crippen molar-refractivity contribution in [2.75, 3.05) is 13.2 Å². The molecule has 1 saturated heterocycles. The van der Waals surface area contributed by atoms with Gasteiger partial charge in [-0.15, -0.1) is 0 Å². The Labute approximate surface area is 95.8 Å². The summed E-state index contributed by atoms with van der Waals surface area (Å²) >= 11 is 0. The summed E-state index contributed by atoms with van der Waals surface area (Å²) in [6.07, 6.45) is 1.04. The molecule has 86 valence electrons. The fraction of sp³-hybridized carbons (Fsp3) is 0.462. The van der Waals surface area contributed by atoms with Crippen molar-refractivity contribution in [2.45, 2.75) is 19.4 Å². The van der Waals surface area contributed by atoms with E-state index in [2.05, 4.69) is 5.32 Å². The maximum absolute atomic E-state index is 11.9. The van der Waals surface area contributed by atoms with Crippen LogP contribution in [0.2, 0.25) is 0 Å². The van der Waals surface area contributed by atoms with E-state index in [-0.39, 0.29) is 11.9 Å². The molecule has 0 bridgehead atoms. The predicted octanol–water partition coefficient (Wildman–Crippen LogP) is 1.84. The summed E-state index contributed by atoms with van der Waals surface area (Å²) in [5.41, 5.74) is 0.716. The Morgan fingerprint density at radius 2 is 2.19 bits per heavy atom.